The van der Waals surface area contributed by atoms with Gasteiger partial charge in [0.2, 0.25) is 0 Å². The summed E-state index contributed by atoms with van der Waals surface area (Å²) in [6, 6.07) is 10.3. The normalized spacial score (nSPS) is 16.9. The molecule has 2 aromatic rings. The topological polar surface area (TPSA) is 138 Å². The first-order valence-corrected chi connectivity index (χ1v) is 10.4. The van der Waals surface area contributed by atoms with E-state index in [0.29, 0.717) is 22.6 Å². The number of nitrogens with one attached hydrogen (secondary N) is 1. The Labute approximate surface area is 190 Å². The molecule has 1 fully saturated rings. The third kappa shape index (κ3) is 5.46. The van der Waals surface area contributed by atoms with Crippen LogP contribution in [0.1, 0.15) is 25.0 Å². The molecule has 3 rings (SSSR count). The molecule has 1 heterocycles. The van der Waals surface area contributed by atoms with Crippen molar-refractivity contribution in [1.82, 2.24) is 0 Å². The fourth-order valence-electron chi connectivity index (χ4n) is 3.43. The highest BCUT2D eigenvalue weighted by Gasteiger charge is 2.40. The third-order valence-electron chi connectivity index (χ3n) is 4.96. The first-order valence-electron chi connectivity index (χ1n) is 10.4. The molecular weight excluding hydrogens is 431 g/mol. The van der Waals surface area contributed by atoms with Gasteiger partial charge in [0.25, 0.3) is 11.8 Å². The minimum Gasteiger partial charge on any atom is -0.489 e. The molecule has 9 nitrogen and oxygen atoms in total. The monoisotopic (exact) mass is 456 g/mol. The average molecular weight is 456 g/mol. The minimum atomic E-state index is -1.83. The lowest BCUT2D eigenvalue weighted by Crippen LogP contribution is -2.55. The Morgan fingerprint density at radius 2 is 2.15 bits per heavy atom. The van der Waals surface area contributed by atoms with Crippen molar-refractivity contribution >= 4 is 23.2 Å². The molecule has 4 N–H and O–H groups in total. The van der Waals surface area contributed by atoms with Crippen LogP contribution in [-0.2, 0) is 20.9 Å². The number of hydrogen-bond donors (Lipinski definition) is 3. The molecular formula is C23H25FN4O5. The van der Waals surface area contributed by atoms with E-state index >= 15 is 0 Å². The van der Waals surface area contributed by atoms with Crippen LogP contribution in [-0.4, -0.2) is 48.4 Å². The Balaban J connectivity index is 1.79. The van der Waals surface area contributed by atoms with Gasteiger partial charge in [0.1, 0.15) is 11.6 Å². The summed E-state index contributed by atoms with van der Waals surface area (Å²) < 4.78 is 25.0. The standard InChI is InChI=1S/C23H25FN4O5/c1-13(2)33-19-6-4-16(24)10-18(19)28-7-8-32-21(23(28)31)20(29)22(30)27-17-5-3-14(11-25)15(9-17)12-26/h3-6,9-10,13,20-21,29H,7-8,12,26H2,1-2H3,(H,27,30). The number of nitrogens with zero attached hydrogens (tertiary/aromatic N) is 2. The van der Waals surface area contributed by atoms with Gasteiger partial charge in [-0.1, -0.05) is 0 Å². The van der Waals surface area contributed by atoms with E-state index in [1.54, 1.807) is 13.8 Å². The second-order valence-corrected chi connectivity index (χ2v) is 7.68. The van der Waals surface area contributed by atoms with Crippen molar-refractivity contribution in [3.8, 4) is 11.8 Å². The van der Waals surface area contributed by atoms with Crippen LogP contribution in [0.15, 0.2) is 36.4 Å². The van der Waals surface area contributed by atoms with Crippen LogP contribution in [0.25, 0.3) is 0 Å². The van der Waals surface area contributed by atoms with Crippen LogP contribution < -0.4 is 20.7 Å². The molecule has 2 aromatic carbocycles. The number of carbonyl (C=O) groups excluding carboxylic acids is 2. The molecule has 2 unspecified atom stereocenters. The number of carbonyl (C=O) groups is 2. The van der Waals surface area contributed by atoms with Gasteiger partial charge in [-0.05, 0) is 49.7 Å². The lowest BCUT2D eigenvalue weighted by Gasteiger charge is -2.35. The number of hydrogen-bond acceptors (Lipinski definition) is 7. The van der Waals surface area contributed by atoms with Crippen LogP contribution in [0.4, 0.5) is 15.8 Å². The Morgan fingerprint density at radius 3 is 2.82 bits per heavy atom. The number of ether oxygens (including phenoxy) is 2. The molecule has 174 valence electrons. The molecule has 1 aliphatic heterocycles. The number of rotatable bonds is 7. The van der Waals surface area contributed by atoms with E-state index in [9.17, 15) is 19.1 Å². The molecule has 33 heavy (non-hydrogen) atoms. The van der Waals surface area contributed by atoms with E-state index in [1.807, 2.05) is 6.07 Å². The molecule has 0 aromatic heterocycles. The van der Waals surface area contributed by atoms with Gasteiger partial charge in [0.05, 0.1) is 30.0 Å². The number of benzene rings is 2. The molecule has 0 aliphatic carbocycles. The highest BCUT2D eigenvalue weighted by Crippen LogP contribution is 2.32. The van der Waals surface area contributed by atoms with Crippen LogP contribution in [0.5, 0.6) is 5.75 Å². The molecule has 0 bridgehead atoms. The Morgan fingerprint density at radius 1 is 1.39 bits per heavy atom. The van der Waals surface area contributed by atoms with Crippen molar-refractivity contribution in [2.24, 2.45) is 5.73 Å². The summed E-state index contributed by atoms with van der Waals surface area (Å²) in [5.41, 5.74) is 7.00. The molecule has 0 spiro atoms. The zero-order valence-electron chi connectivity index (χ0n) is 18.2. The number of aliphatic hydroxyl groups is 1. The van der Waals surface area contributed by atoms with E-state index in [1.165, 1.54) is 35.2 Å². The first-order chi connectivity index (χ1) is 15.7. The predicted molar refractivity (Wildman–Crippen MR) is 118 cm³/mol. The van der Waals surface area contributed by atoms with Crippen LogP contribution in [0, 0.1) is 17.1 Å². The largest absolute Gasteiger partial charge is 0.489 e. The number of amides is 2. The zero-order valence-corrected chi connectivity index (χ0v) is 18.2. The summed E-state index contributed by atoms with van der Waals surface area (Å²) >= 11 is 0. The van der Waals surface area contributed by atoms with E-state index < -0.39 is 29.8 Å². The fourth-order valence-corrected chi connectivity index (χ4v) is 3.43. The summed E-state index contributed by atoms with van der Waals surface area (Å²) in [6.07, 6.45) is -3.55. The summed E-state index contributed by atoms with van der Waals surface area (Å²) in [5, 5.41) is 22.2. The van der Waals surface area contributed by atoms with E-state index in [-0.39, 0.29) is 31.5 Å². The quantitative estimate of drug-likeness (QED) is 0.576. The van der Waals surface area contributed by atoms with Gasteiger partial charge in [-0.15, -0.1) is 0 Å². The van der Waals surface area contributed by atoms with Gasteiger partial charge in [0.15, 0.2) is 12.2 Å². The molecule has 0 radical (unpaired) electrons. The van der Waals surface area contributed by atoms with Gasteiger partial charge < -0.3 is 30.5 Å². The van der Waals surface area contributed by atoms with Gasteiger partial charge in [-0.25, -0.2) is 4.39 Å². The van der Waals surface area contributed by atoms with Crippen LogP contribution in [0.3, 0.4) is 0 Å². The number of nitriles is 1. The predicted octanol–water partition coefficient (Wildman–Crippen LogP) is 1.67. The van der Waals surface area contributed by atoms with Gasteiger partial charge >= 0.3 is 0 Å². The van der Waals surface area contributed by atoms with Gasteiger partial charge in [-0.2, -0.15) is 5.26 Å². The first kappa shape index (κ1) is 24.1. The van der Waals surface area contributed by atoms with Gasteiger partial charge in [0, 0.05) is 24.8 Å². The lowest BCUT2D eigenvalue weighted by molar-refractivity contribution is -0.150. The summed E-state index contributed by atoms with van der Waals surface area (Å²) in [4.78, 5) is 27.0. The Kier molecular flexibility index (Phi) is 7.60. The lowest BCUT2D eigenvalue weighted by atomic mass is 10.1. The van der Waals surface area contributed by atoms with Gasteiger partial charge in [-0.3, -0.25) is 9.59 Å². The van der Waals surface area contributed by atoms with Crippen molar-refractivity contribution in [2.75, 3.05) is 23.4 Å². The van der Waals surface area contributed by atoms with Crippen LogP contribution in [0.2, 0.25) is 0 Å². The minimum absolute atomic E-state index is 0.0204. The number of aliphatic hydroxyl groups excluding tert-OH is 1. The Bertz CT molecular complexity index is 1090. The van der Waals surface area contributed by atoms with E-state index in [2.05, 4.69) is 5.32 Å². The van der Waals surface area contributed by atoms with Crippen LogP contribution >= 0.6 is 0 Å². The number of anilines is 2. The molecule has 1 saturated heterocycles. The zero-order chi connectivity index (χ0) is 24.1. The van der Waals surface area contributed by atoms with E-state index in [0.717, 1.165) is 6.07 Å². The molecule has 2 atom stereocenters. The van der Waals surface area contributed by atoms with Crippen molar-refractivity contribution in [2.45, 2.75) is 38.7 Å². The fraction of sp³-hybridized carbons (Fsp3) is 0.348. The SMILES string of the molecule is CC(C)Oc1ccc(F)cc1N1CCOC(C(O)C(=O)Nc2ccc(C#N)c(CN)c2)C1=O. The highest BCUT2D eigenvalue weighted by atomic mass is 19.1. The summed E-state index contributed by atoms with van der Waals surface area (Å²) in [6.45, 7) is 3.79. The summed E-state index contributed by atoms with van der Waals surface area (Å²) in [7, 11) is 0. The number of morpholine rings is 1. The number of nitrogens with two attached hydrogens (primary N) is 1. The summed E-state index contributed by atoms with van der Waals surface area (Å²) in [5.74, 6) is -1.84. The van der Waals surface area contributed by atoms with Crippen molar-refractivity contribution in [1.29, 1.82) is 5.26 Å². The second kappa shape index (κ2) is 10.4. The highest BCUT2D eigenvalue weighted by molar-refractivity contribution is 6.04. The number of halogens is 1. The molecule has 10 heteroatoms. The maximum Gasteiger partial charge on any atom is 0.259 e. The van der Waals surface area contributed by atoms with E-state index in [4.69, 9.17) is 20.5 Å². The second-order valence-electron chi connectivity index (χ2n) is 7.68. The average Bonchev–Trinajstić information content (AvgIpc) is 2.79. The maximum absolute atomic E-state index is 13.9. The Hall–Kier alpha value is -3.52. The van der Waals surface area contributed by atoms with Crippen molar-refractivity contribution < 1.29 is 28.6 Å². The maximum atomic E-state index is 13.9. The van der Waals surface area contributed by atoms with Crippen molar-refractivity contribution in [3.05, 3.63) is 53.3 Å². The van der Waals surface area contributed by atoms with Crippen molar-refractivity contribution in [3.63, 3.8) is 0 Å². The molecule has 1 aliphatic rings. The molecule has 2 amide bonds. The molecule has 0 saturated carbocycles. The third-order valence-corrected chi connectivity index (χ3v) is 4.96. The smallest absolute Gasteiger partial charge is 0.259 e.